The van der Waals surface area contributed by atoms with Gasteiger partial charge in [-0.25, -0.2) is 0 Å². The fourth-order valence-corrected chi connectivity index (χ4v) is 3.97. The number of nitrogens with one attached hydrogen (secondary N) is 1. The summed E-state index contributed by atoms with van der Waals surface area (Å²) in [5.41, 5.74) is 2.08. The van der Waals surface area contributed by atoms with Crippen molar-refractivity contribution in [1.29, 1.82) is 0 Å². The number of anilines is 1. The molecule has 0 saturated heterocycles. The summed E-state index contributed by atoms with van der Waals surface area (Å²) in [6.07, 6.45) is 0.195. The van der Waals surface area contributed by atoms with Crippen LogP contribution < -0.4 is 10.2 Å². The van der Waals surface area contributed by atoms with Gasteiger partial charge in [-0.3, -0.25) is 19.0 Å². The fourth-order valence-electron chi connectivity index (χ4n) is 3.05. The lowest BCUT2D eigenvalue weighted by Crippen LogP contribution is -2.30. The predicted octanol–water partition coefficient (Wildman–Crippen LogP) is 3.57. The highest BCUT2D eigenvalue weighted by Gasteiger charge is 2.13. The molecule has 3 aromatic rings. The van der Waals surface area contributed by atoms with E-state index in [0.29, 0.717) is 30.9 Å². The van der Waals surface area contributed by atoms with Crippen molar-refractivity contribution in [2.45, 2.75) is 26.8 Å². The minimum atomic E-state index is -0.176. The van der Waals surface area contributed by atoms with Crippen molar-refractivity contribution < 1.29 is 9.59 Å². The summed E-state index contributed by atoms with van der Waals surface area (Å²) in [5, 5.41) is 2.82. The smallest absolute Gasteiger partial charge is 0.308 e. The van der Waals surface area contributed by atoms with Crippen LogP contribution in [0.3, 0.4) is 0 Å². The van der Waals surface area contributed by atoms with Crippen molar-refractivity contribution in [2.24, 2.45) is 0 Å². The third-order valence-electron chi connectivity index (χ3n) is 4.60. The molecule has 6 nitrogen and oxygen atoms in total. The van der Waals surface area contributed by atoms with Gasteiger partial charge in [-0.15, -0.1) is 0 Å². The Kier molecular flexibility index (Phi) is 6.26. The van der Waals surface area contributed by atoms with Crippen LogP contribution in [0.4, 0.5) is 5.69 Å². The van der Waals surface area contributed by atoms with Crippen molar-refractivity contribution in [3.8, 4) is 0 Å². The number of benzene rings is 2. The van der Waals surface area contributed by atoms with Crippen LogP contribution in [0.25, 0.3) is 10.2 Å². The van der Waals surface area contributed by atoms with Crippen LogP contribution >= 0.6 is 11.3 Å². The Hall–Kier alpha value is -2.93. The number of carbonyl (C=O) groups is 2. The molecule has 0 aliphatic carbocycles. The summed E-state index contributed by atoms with van der Waals surface area (Å²) in [7, 11) is 0. The van der Waals surface area contributed by atoms with Gasteiger partial charge >= 0.3 is 4.87 Å². The van der Waals surface area contributed by atoms with Crippen molar-refractivity contribution >= 4 is 39.1 Å². The van der Waals surface area contributed by atoms with Crippen molar-refractivity contribution in [3.05, 3.63) is 63.8 Å². The van der Waals surface area contributed by atoms with Crippen molar-refractivity contribution in [1.82, 2.24) is 9.47 Å². The maximum absolute atomic E-state index is 12.3. The molecule has 0 bridgehead atoms. The van der Waals surface area contributed by atoms with E-state index in [1.807, 2.05) is 38.1 Å². The number of thiazole rings is 1. The average Bonchev–Trinajstić information content (AvgIpc) is 3.03. The number of aromatic nitrogens is 1. The average molecular weight is 398 g/mol. The van der Waals surface area contributed by atoms with Crippen LogP contribution in [0.2, 0.25) is 0 Å². The van der Waals surface area contributed by atoms with E-state index >= 15 is 0 Å². The van der Waals surface area contributed by atoms with Crippen LogP contribution in [0, 0.1) is 0 Å². The summed E-state index contributed by atoms with van der Waals surface area (Å²) in [6.45, 7) is 5.53. The van der Waals surface area contributed by atoms with E-state index in [9.17, 15) is 14.4 Å². The van der Waals surface area contributed by atoms with E-state index in [-0.39, 0.29) is 23.1 Å². The maximum atomic E-state index is 12.3. The molecule has 1 heterocycles. The second kappa shape index (κ2) is 8.84. The number of hydrogen-bond donors (Lipinski definition) is 1. The molecule has 146 valence electrons. The summed E-state index contributed by atoms with van der Waals surface area (Å²) in [5.74, 6) is -0.198. The minimum Gasteiger partial charge on any atom is -0.339 e. The van der Waals surface area contributed by atoms with Gasteiger partial charge in [0.1, 0.15) is 0 Å². The lowest BCUT2D eigenvalue weighted by atomic mass is 10.1. The third-order valence-corrected chi connectivity index (χ3v) is 5.56. The first-order chi connectivity index (χ1) is 13.5. The molecule has 0 unspecified atom stereocenters. The standard InChI is InChI=1S/C21H23N3O3S/c1-3-23(4-2)20(26)15-9-11-16(12-10-15)22-19(25)13-14-24-17-7-5-6-8-18(17)28-21(24)27/h5-12H,3-4,13-14H2,1-2H3,(H,22,25). The lowest BCUT2D eigenvalue weighted by Gasteiger charge is -2.18. The highest BCUT2D eigenvalue weighted by Crippen LogP contribution is 2.17. The second-order valence-corrected chi connectivity index (χ2v) is 7.33. The Morgan fingerprint density at radius 3 is 2.39 bits per heavy atom. The molecule has 2 amide bonds. The predicted molar refractivity (Wildman–Crippen MR) is 113 cm³/mol. The van der Waals surface area contributed by atoms with Crippen molar-refractivity contribution in [2.75, 3.05) is 18.4 Å². The van der Waals surface area contributed by atoms with Gasteiger partial charge in [0.25, 0.3) is 5.91 Å². The highest BCUT2D eigenvalue weighted by molar-refractivity contribution is 7.16. The van der Waals surface area contributed by atoms with Crippen LogP contribution in [0.15, 0.2) is 53.3 Å². The normalized spacial score (nSPS) is 10.8. The monoisotopic (exact) mass is 397 g/mol. The molecule has 2 aromatic carbocycles. The van der Waals surface area contributed by atoms with Gasteiger partial charge < -0.3 is 10.2 Å². The van der Waals surface area contributed by atoms with Crippen molar-refractivity contribution in [3.63, 3.8) is 0 Å². The van der Waals surface area contributed by atoms with Crippen LogP contribution in [-0.4, -0.2) is 34.4 Å². The summed E-state index contributed by atoms with van der Waals surface area (Å²) >= 11 is 1.18. The third kappa shape index (κ3) is 4.31. The number of amides is 2. The molecule has 1 aromatic heterocycles. The molecule has 0 aliphatic heterocycles. The Labute approximate surface area is 167 Å². The first kappa shape index (κ1) is 19.8. The molecule has 7 heteroatoms. The Balaban J connectivity index is 1.61. The zero-order valence-corrected chi connectivity index (χ0v) is 16.8. The Bertz CT molecular complexity index is 1030. The van der Waals surface area contributed by atoms with E-state index < -0.39 is 0 Å². The molecule has 3 rings (SSSR count). The summed E-state index contributed by atoms with van der Waals surface area (Å²) < 4.78 is 2.55. The Morgan fingerprint density at radius 2 is 1.71 bits per heavy atom. The number of fused-ring (bicyclic) bond motifs is 1. The number of carbonyl (C=O) groups excluding carboxylic acids is 2. The van der Waals surface area contributed by atoms with Gasteiger partial charge in [0, 0.05) is 37.3 Å². The largest absolute Gasteiger partial charge is 0.339 e. The number of rotatable bonds is 7. The molecule has 0 saturated carbocycles. The SMILES string of the molecule is CCN(CC)C(=O)c1ccc(NC(=O)CCn2c(=O)sc3ccccc32)cc1. The number of hydrogen-bond acceptors (Lipinski definition) is 4. The van der Waals surface area contributed by atoms with E-state index in [2.05, 4.69) is 5.32 Å². The van der Waals surface area contributed by atoms with E-state index in [0.717, 1.165) is 10.2 Å². The second-order valence-electron chi connectivity index (χ2n) is 6.34. The van der Waals surface area contributed by atoms with Crippen LogP contribution in [0.5, 0.6) is 0 Å². The first-order valence-electron chi connectivity index (χ1n) is 9.31. The zero-order valence-electron chi connectivity index (χ0n) is 16.0. The Morgan fingerprint density at radius 1 is 1.04 bits per heavy atom. The number of aryl methyl sites for hydroxylation is 1. The van der Waals surface area contributed by atoms with E-state index in [4.69, 9.17) is 0 Å². The molecular formula is C21H23N3O3S. The topological polar surface area (TPSA) is 71.4 Å². The van der Waals surface area contributed by atoms with Gasteiger partial charge in [0.15, 0.2) is 0 Å². The van der Waals surface area contributed by atoms with Gasteiger partial charge in [0.2, 0.25) is 5.91 Å². The molecular weight excluding hydrogens is 374 g/mol. The quantitative estimate of drug-likeness (QED) is 0.662. The highest BCUT2D eigenvalue weighted by atomic mass is 32.1. The number of nitrogens with zero attached hydrogens (tertiary/aromatic N) is 2. The minimum absolute atomic E-state index is 0.0217. The number of para-hydroxylation sites is 1. The van der Waals surface area contributed by atoms with Crippen LogP contribution in [0.1, 0.15) is 30.6 Å². The molecule has 0 spiro atoms. The molecule has 28 heavy (non-hydrogen) atoms. The maximum Gasteiger partial charge on any atom is 0.308 e. The molecule has 0 fully saturated rings. The summed E-state index contributed by atoms with van der Waals surface area (Å²) in [6, 6.07) is 14.4. The molecule has 0 radical (unpaired) electrons. The first-order valence-corrected chi connectivity index (χ1v) is 10.1. The molecule has 1 N–H and O–H groups in total. The van der Waals surface area contributed by atoms with Gasteiger partial charge in [-0.2, -0.15) is 0 Å². The van der Waals surface area contributed by atoms with E-state index in [1.54, 1.807) is 33.7 Å². The van der Waals surface area contributed by atoms with Gasteiger partial charge in [-0.05, 0) is 50.2 Å². The zero-order chi connectivity index (χ0) is 20.1. The fraction of sp³-hybridized carbons (Fsp3) is 0.286. The molecule has 0 aliphatic rings. The lowest BCUT2D eigenvalue weighted by molar-refractivity contribution is -0.116. The van der Waals surface area contributed by atoms with E-state index in [1.165, 1.54) is 11.3 Å². The van der Waals surface area contributed by atoms with Crippen LogP contribution in [-0.2, 0) is 11.3 Å². The van der Waals surface area contributed by atoms with Gasteiger partial charge in [-0.1, -0.05) is 23.5 Å². The van der Waals surface area contributed by atoms with Gasteiger partial charge in [0.05, 0.1) is 10.2 Å². The summed E-state index contributed by atoms with van der Waals surface area (Å²) in [4.78, 5) is 38.4. The molecule has 0 atom stereocenters.